The lowest BCUT2D eigenvalue weighted by molar-refractivity contribution is 0.0777. The molecule has 0 bridgehead atoms. The molecule has 0 saturated carbocycles. The van der Waals surface area contributed by atoms with Crippen LogP contribution < -0.4 is 10.1 Å². The predicted molar refractivity (Wildman–Crippen MR) is 111 cm³/mol. The number of benzene rings is 1. The van der Waals surface area contributed by atoms with E-state index in [9.17, 15) is 4.79 Å². The highest BCUT2D eigenvalue weighted by Gasteiger charge is 2.20. The van der Waals surface area contributed by atoms with E-state index in [2.05, 4.69) is 10.4 Å². The number of carbonyl (C=O) groups is 1. The Morgan fingerprint density at radius 1 is 1.44 bits per heavy atom. The van der Waals surface area contributed by atoms with Crippen molar-refractivity contribution in [2.45, 2.75) is 30.3 Å². The van der Waals surface area contributed by atoms with Crippen LogP contribution >= 0.6 is 24.2 Å². The second kappa shape index (κ2) is 10.0. The van der Waals surface area contributed by atoms with E-state index in [4.69, 9.17) is 4.74 Å². The van der Waals surface area contributed by atoms with Gasteiger partial charge >= 0.3 is 0 Å². The second-order valence-corrected chi connectivity index (χ2v) is 7.38. The summed E-state index contributed by atoms with van der Waals surface area (Å²) in [7, 11) is 3.47. The molecule has 1 aliphatic rings. The molecule has 6 nitrogen and oxygen atoms in total. The molecule has 1 aliphatic heterocycles. The summed E-state index contributed by atoms with van der Waals surface area (Å²) in [6.45, 7) is 2.49. The third-order valence-electron chi connectivity index (χ3n) is 4.69. The number of hydrogen-bond donors (Lipinski definition) is 1. The van der Waals surface area contributed by atoms with Gasteiger partial charge in [0.15, 0.2) is 0 Å². The van der Waals surface area contributed by atoms with Crippen molar-refractivity contribution in [2.24, 2.45) is 0 Å². The molecule has 1 aromatic carbocycles. The van der Waals surface area contributed by atoms with Crippen molar-refractivity contribution < 1.29 is 9.53 Å². The Kier molecular flexibility index (Phi) is 8.01. The third-order valence-corrected chi connectivity index (χ3v) is 5.46. The average molecular weight is 411 g/mol. The Balaban J connectivity index is 0.00000261. The van der Waals surface area contributed by atoms with Crippen LogP contribution in [-0.4, -0.2) is 54.1 Å². The smallest absolute Gasteiger partial charge is 0.274 e. The summed E-state index contributed by atoms with van der Waals surface area (Å²) in [5.74, 6) is 0.769. The predicted octanol–water partition coefficient (Wildman–Crippen LogP) is 3.23. The van der Waals surface area contributed by atoms with Gasteiger partial charge in [0.05, 0.1) is 13.2 Å². The Morgan fingerprint density at radius 3 is 2.93 bits per heavy atom. The van der Waals surface area contributed by atoms with Crippen molar-refractivity contribution in [3.8, 4) is 5.75 Å². The molecule has 2 aromatic rings. The van der Waals surface area contributed by atoms with E-state index in [0.717, 1.165) is 42.1 Å². The number of hydrogen-bond acceptors (Lipinski definition) is 5. The standard InChI is InChI=1S/C19H26N4O2S.ClH/c1-22(13-14-6-7-18(26-3)17(11-14)25-2)19(24)16-8-10-23(21-16)15-5-4-9-20-12-15;/h6-8,10-11,15,20H,4-5,9,12-13H2,1-3H3;1H. The zero-order valence-corrected chi connectivity index (χ0v) is 17.6. The van der Waals surface area contributed by atoms with E-state index in [0.29, 0.717) is 18.3 Å². The lowest BCUT2D eigenvalue weighted by Gasteiger charge is -2.23. The molecule has 1 unspecified atom stereocenters. The first-order valence-corrected chi connectivity index (χ1v) is 10.1. The summed E-state index contributed by atoms with van der Waals surface area (Å²) in [5.41, 5.74) is 1.53. The van der Waals surface area contributed by atoms with Crippen molar-refractivity contribution in [2.75, 3.05) is 33.5 Å². The molecule has 1 saturated heterocycles. The number of nitrogens with one attached hydrogen (secondary N) is 1. The maximum atomic E-state index is 12.7. The fourth-order valence-electron chi connectivity index (χ4n) is 3.23. The number of amides is 1. The molecule has 2 heterocycles. The van der Waals surface area contributed by atoms with Gasteiger partial charge in [0.1, 0.15) is 11.4 Å². The fraction of sp³-hybridized carbons (Fsp3) is 0.474. The van der Waals surface area contributed by atoms with Gasteiger partial charge in [-0.05, 0) is 49.4 Å². The molecule has 0 radical (unpaired) electrons. The van der Waals surface area contributed by atoms with E-state index >= 15 is 0 Å². The maximum Gasteiger partial charge on any atom is 0.274 e. The van der Waals surface area contributed by atoms with Crippen LogP contribution in [0.15, 0.2) is 35.4 Å². The van der Waals surface area contributed by atoms with Crippen LogP contribution in [0.5, 0.6) is 5.75 Å². The molecule has 1 aromatic heterocycles. The van der Waals surface area contributed by atoms with Gasteiger partial charge in [0.25, 0.3) is 5.91 Å². The zero-order valence-electron chi connectivity index (χ0n) is 16.0. The van der Waals surface area contributed by atoms with Crippen LogP contribution in [0.2, 0.25) is 0 Å². The Morgan fingerprint density at radius 2 is 2.26 bits per heavy atom. The Hall–Kier alpha value is -1.70. The fourth-order valence-corrected chi connectivity index (χ4v) is 3.78. The van der Waals surface area contributed by atoms with Gasteiger partial charge in [-0.15, -0.1) is 24.2 Å². The lowest BCUT2D eigenvalue weighted by atomic mass is 10.1. The molecule has 1 fully saturated rings. The summed E-state index contributed by atoms with van der Waals surface area (Å²) in [6, 6.07) is 8.19. The minimum atomic E-state index is -0.0690. The van der Waals surface area contributed by atoms with Gasteiger partial charge in [-0.2, -0.15) is 5.10 Å². The molecule has 3 rings (SSSR count). The summed E-state index contributed by atoms with van der Waals surface area (Å²) in [6.07, 6.45) is 6.17. The Labute approximate surface area is 171 Å². The van der Waals surface area contributed by atoms with E-state index in [1.54, 1.807) is 30.8 Å². The van der Waals surface area contributed by atoms with Gasteiger partial charge in [-0.25, -0.2) is 0 Å². The number of carbonyl (C=O) groups excluding carboxylic acids is 1. The third kappa shape index (κ3) is 5.18. The van der Waals surface area contributed by atoms with Crippen LogP contribution in [0.1, 0.15) is 34.9 Å². The first-order valence-electron chi connectivity index (χ1n) is 8.84. The van der Waals surface area contributed by atoms with Crippen molar-refractivity contribution in [3.05, 3.63) is 41.7 Å². The van der Waals surface area contributed by atoms with Gasteiger partial charge < -0.3 is 15.0 Å². The summed E-state index contributed by atoms with van der Waals surface area (Å²) >= 11 is 1.64. The van der Waals surface area contributed by atoms with E-state index in [-0.39, 0.29) is 18.3 Å². The maximum absolute atomic E-state index is 12.7. The topological polar surface area (TPSA) is 59.4 Å². The van der Waals surface area contributed by atoms with E-state index < -0.39 is 0 Å². The monoisotopic (exact) mass is 410 g/mol. The summed E-state index contributed by atoms with van der Waals surface area (Å²) in [4.78, 5) is 15.5. The van der Waals surface area contributed by atoms with Crippen LogP contribution in [0.25, 0.3) is 0 Å². The summed E-state index contributed by atoms with van der Waals surface area (Å²) < 4.78 is 7.35. The van der Waals surface area contributed by atoms with Gasteiger partial charge in [0.2, 0.25) is 0 Å². The highest BCUT2D eigenvalue weighted by molar-refractivity contribution is 7.98. The quantitative estimate of drug-likeness (QED) is 0.741. The van der Waals surface area contributed by atoms with Crippen LogP contribution in [0, 0.1) is 0 Å². The van der Waals surface area contributed by atoms with Gasteiger partial charge in [0, 0.05) is 31.2 Å². The summed E-state index contributed by atoms with van der Waals surface area (Å²) in [5, 5.41) is 7.89. The normalized spacial score (nSPS) is 16.5. The lowest BCUT2D eigenvalue weighted by Crippen LogP contribution is -2.32. The van der Waals surface area contributed by atoms with E-state index in [1.165, 1.54) is 0 Å². The molecule has 1 atom stereocenters. The largest absolute Gasteiger partial charge is 0.496 e. The number of halogens is 1. The van der Waals surface area contributed by atoms with Gasteiger partial charge in [-0.3, -0.25) is 9.48 Å². The van der Waals surface area contributed by atoms with Crippen molar-refractivity contribution in [1.82, 2.24) is 20.0 Å². The van der Waals surface area contributed by atoms with Crippen LogP contribution in [-0.2, 0) is 6.54 Å². The number of ether oxygens (including phenoxy) is 1. The van der Waals surface area contributed by atoms with E-state index in [1.807, 2.05) is 41.4 Å². The molecule has 8 heteroatoms. The second-order valence-electron chi connectivity index (χ2n) is 6.53. The van der Waals surface area contributed by atoms with Crippen LogP contribution in [0.4, 0.5) is 0 Å². The first-order chi connectivity index (χ1) is 12.6. The number of aromatic nitrogens is 2. The minimum absolute atomic E-state index is 0. The first kappa shape index (κ1) is 21.6. The number of methoxy groups -OCH3 is 1. The molecule has 1 amide bonds. The van der Waals surface area contributed by atoms with Crippen LogP contribution in [0.3, 0.4) is 0 Å². The highest BCUT2D eigenvalue weighted by atomic mass is 35.5. The number of nitrogens with zero attached hydrogens (tertiary/aromatic N) is 3. The molecule has 1 N–H and O–H groups in total. The van der Waals surface area contributed by atoms with Crippen molar-refractivity contribution >= 4 is 30.1 Å². The SMILES string of the molecule is COc1cc(CN(C)C(=O)c2ccn(C3CCCNC3)n2)ccc1SC.Cl. The molecular formula is C19H27ClN4O2S. The number of thioether (sulfide) groups is 1. The average Bonchev–Trinajstić information content (AvgIpc) is 3.18. The molecule has 27 heavy (non-hydrogen) atoms. The highest BCUT2D eigenvalue weighted by Crippen LogP contribution is 2.28. The molecule has 0 spiro atoms. The van der Waals surface area contributed by atoms with Crippen molar-refractivity contribution in [1.29, 1.82) is 0 Å². The zero-order chi connectivity index (χ0) is 18.5. The Bertz CT molecular complexity index is 762. The number of rotatable bonds is 6. The number of piperidine rings is 1. The molecular weight excluding hydrogens is 384 g/mol. The molecule has 148 valence electrons. The molecule has 0 aliphatic carbocycles. The van der Waals surface area contributed by atoms with Gasteiger partial charge in [-0.1, -0.05) is 6.07 Å². The van der Waals surface area contributed by atoms with Crippen molar-refractivity contribution in [3.63, 3.8) is 0 Å². The minimum Gasteiger partial charge on any atom is -0.496 e.